The zero-order chi connectivity index (χ0) is 8.27. The van der Waals surface area contributed by atoms with Crippen LogP contribution in [0.2, 0.25) is 0 Å². The molecular formula is C8H10FN2. The Hall–Kier alpha value is -1.12. The van der Waals surface area contributed by atoms with Crippen molar-refractivity contribution in [1.82, 2.24) is 4.98 Å². The molecule has 0 aliphatic heterocycles. The van der Waals surface area contributed by atoms with E-state index in [1.165, 1.54) is 12.3 Å². The third-order valence-corrected chi connectivity index (χ3v) is 1.13. The fourth-order valence-electron chi connectivity index (χ4n) is 0.722. The summed E-state index contributed by atoms with van der Waals surface area (Å²) in [6.07, 6.45) is 1.44. The van der Waals surface area contributed by atoms with Crippen LogP contribution in [-0.4, -0.2) is 11.0 Å². The summed E-state index contributed by atoms with van der Waals surface area (Å²) >= 11 is 0. The van der Waals surface area contributed by atoms with Crippen LogP contribution >= 0.6 is 0 Å². The van der Waals surface area contributed by atoms with Crippen molar-refractivity contribution < 1.29 is 4.39 Å². The van der Waals surface area contributed by atoms with E-state index >= 15 is 0 Å². The lowest BCUT2D eigenvalue weighted by Gasteiger charge is -2.08. The van der Waals surface area contributed by atoms with Crippen LogP contribution in [0.3, 0.4) is 0 Å². The topological polar surface area (TPSA) is 24.9 Å². The molecule has 1 N–H and O–H groups in total. The molecule has 2 nitrogen and oxygen atoms in total. The van der Waals surface area contributed by atoms with E-state index in [1.807, 2.05) is 13.8 Å². The van der Waals surface area contributed by atoms with Crippen LogP contribution in [0.1, 0.15) is 13.8 Å². The number of hydrogen-bond acceptors (Lipinski definition) is 2. The first-order valence-electron chi connectivity index (χ1n) is 3.48. The third kappa shape index (κ3) is 2.18. The molecule has 1 rings (SSSR count). The van der Waals surface area contributed by atoms with Gasteiger partial charge in [0, 0.05) is 18.3 Å². The summed E-state index contributed by atoms with van der Waals surface area (Å²) in [6, 6.07) is 4.00. The molecule has 0 fully saturated rings. The van der Waals surface area contributed by atoms with E-state index in [-0.39, 0.29) is 11.9 Å². The maximum Gasteiger partial charge on any atom is 0.166 e. The first-order chi connectivity index (χ1) is 5.20. The zero-order valence-electron chi connectivity index (χ0n) is 6.56. The molecule has 1 heterocycles. The van der Waals surface area contributed by atoms with E-state index in [0.717, 1.165) is 0 Å². The van der Waals surface area contributed by atoms with Crippen LogP contribution in [0.25, 0.3) is 0 Å². The molecular weight excluding hydrogens is 143 g/mol. The van der Waals surface area contributed by atoms with Crippen molar-refractivity contribution in [1.29, 1.82) is 0 Å². The van der Waals surface area contributed by atoms with Gasteiger partial charge in [0.2, 0.25) is 0 Å². The largest absolute Gasteiger partial charge is 0.365 e. The minimum absolute atomic E-state index is 0.194. The summed E-state index contributed by atoms with van der Waals surface area (Å²) in [5, 5.41) is 2.87. The lowest BCUT2D eigenvalue weighted by Crippen LogP contribution is -2.12. The Morgan fingerprint density at radius 3 is 2.91 bits per heavy atom. The normalized spacial score (nSPS) is 10.2. The average Bonchev–Trinajstić information content (AvgIpc) is 1.93. The fourth-order valence-corrected chi connectivity index (χ4v) is 0.722. The standard InChI is InChI=1S/C8H10FN2/c1-6(2)11-8-7(9)4-3-5-10-8/h4-6H,1-2H3,(H,10,11). The van der Waals surface area contributed by atoms with Gasteiger partial charge in [-0.15, -0.1) is 0 Å². The summed E-state index contributed by atoms with van der Waals surface area (Å²) in [6.45, 7) is 3.86. The number of halogens is 1. The van der Waals surface area contributed by atoms with Crippen molar-refractivity contribution in [3.8, 4) is 0 Å². The summed E-state index contributed by atoms with van der Waals surface area (Å²) in [4.78, 5) is 3.78. The van der Waals surface area contributed by atoms with Gasteiger partial charge in [-0.25, -0.2) is 9.37 Å². The van der Waals surface area contributed by atoms with E-state index in [9.17, 15) is 4.39 Å². The van der Waals surface area contributed by atoms with Gasteiger partial charge in [-0.05, 0) is 19.9 Å². The maximum absolute atomic E-state index is 12.8. The Bertz CT molecular complexity index is 235. The second-order valence-electron chi connectivity index (χ2n) is 2.56. The van der Waals surface area contributed by atoms with Crippen LogP contribution in [0.5, 0.6) is 0 Å². The van der Waals surface area contributed by atoms with E-state index < -0.39 is 0 Å². The van der Waals surface area contributed by atoms with Gasteiger partial charge in [0.25, 0.3) is 0 Å². The van der Waals surface area contributed by atoms with Crippen molar-refractivity contribution >= 4 is 5.82 Å². The highest BCUT2D eigenvalue weighted by molar-refractivity contribution is 5.35. The molecule has 0 atom stereocenters. The lowest BCUT2D eigenvalue weighted by atomic mass is 10.3. The van der Waals surface area contributed by atoms with Crippen molar-refractivity contribution in [2.24, 2.45) is 0 Å². The molecule has 0 aliphatic rings. The molecule has 0 saturated carbocycles. The predicted octanol–water partition coefficient (Wildman–Crippen LogP) is 1.84. The first kappa shape index (κ1) is 7.98. The third-order valence-electron chi connectivity index (χ3n) is 1.13. The van der Waals surface area contributed by atoms with Gasteiger partial charge in [0.15, 0.2) is 11.6 Å². The van der Waals surface area contributed by atoms with Gasteiger partial charge in [-0.2, -0.15) is 0 Å². The highest BCUT2D eigenvalue weighted by atomic mass is 19.1. The number of anilines is 1. The summed E-state index contributed by atoms with van der Waals surface area (Å²) in [5.74, 6) is -0.0695. The number of pyridine rings is 1. The van der Waals surface area contributed by atoms with E-state index in [1.54, 1.807) is 0 Å². The maximum atomic E-state index is 12.8. The Labute approximate surface area is 65.5 Å². The minimum atomic E-state index is -0.360. The van der Waals surface area contributed by atoms with Crippen molar-refractivity contribution in [2.75, 3.05) is 5.32 Å². The van der Waals surface area contributed by atoms with E-state index in [2.05, 4.69) is 16.4 Å². The average molecular weight is 153 g/mol. The summed E-state index contributed by atoms with van der Waals surface area (Å²) in [7, 11) is 0. The Morgan fingerprint density at radius 1 is 1.64 bits per heavy atom. The Kier molecular flexibility index (Phi) is 2.41. The second kappa shape index (κ2) is 3.32. The molecule has 0 aliphatic carbocycles. The number of nitrogens with zero attached hydrogens (tertiary/aromatic N) is 1. The highest BCUT2D eigenvalue weighted by Gasteiger charge is 2.01. The molecule has 0 bridgehead atoms. The van der Waals surface area contributed by atoms with Gasteiger partial charge in [0.1, 0.15) is 0 Å². The quantitative estimate of drug-likeness (QED) is 0.701. The van der Waals surface area contributed by atoms with E-state index in [4.69, 9.17) is 0 Å². The smallest absolute Gasteiger partial charge is 0.166 e. The van der Waals surface area contributed by atoms with E-state index in [0.29, 0.717) is 5.82 Å². The van der Waals surface area contributed by atoms with Crippen LogP contribution in [0.15, 0.2) is 12.3 Å². The van der Waals surface area contributed by atoms with Crippen LogP contribution in [0, 0.1) is 11.9 Å². The molecule has 0 saturated heterocycles. The van der Waals surface area contributed by atoms with Gasteiger partial charge >= 0.3 is 0 Å². The highest BCUT2D eigenvalue weighted by Crippen LogP contribution is 2.08. The second-order valence-corrected chi connectivity index (χ2v) is 2.56. The molecule has 0 aromatic carbocycles. The van der Waals surface area contributed by atoms with Crippen molar-refractivity contribution in [3.05, 3.63) is 24.1 Å². The van der Waals surface area contributed by atoms with Gasteiger partial charge < -0.3 is 5.32 Å². The monoisotopic (exact) mass is 153 g/mol. The number of hydrogen-bond donors (Lipinski definition) is 1. The molecule has 1 radical (unpaired) electrons. The molecule has 59 valence electrons. The Balaban J connectivity index is 2.78. The summed E-state index contributed by atoms with van der Waals surface area (Å²) < 4.78 is 12.8. The summed E-state index contributed by atoms with van der Waals surface area (Å²) in [5.41, 5.74) is 0. The molecule has 3 heteroatoms. The van der Waals surface area contributed by atoms with Gasteiger partial charge in [-0.3, -0.25) is 0 Å². The van der Waals surface area contributed by atoms with Gasteiger partial charge in [0.05, 0.1) is 0 Å². The lowest BCUT2D eigenvalue weighted by molar-refractivity contribution is 0.621. The fraction of sp³-hybridized carbons (Fsp3) is 0.375. The van der Waals surface area contributed by atoms with Crippen LogP contribution in [0.4, 0.5) is 10.2 Å². The van der Waals surface area contributed by atoms with Crippen molar-refractivity contribution in [3.63, 3.8) is 0 Å². The molecule has 0 spiro atoms. The number of aromatic nitrogens is 1. The van der Waals surface area contributed by atoms with Gasteiger partial charge in [-0.1, -0.05) is 0 Å². The molecule has 11 heavy (non-hydrogen) atoms. The SMILES string of the molecule is CC(C)Nc1nc[c]cc1F. The predicted molar refractivity (Wildman–Crippen MR) is 41.8 cm³/mol. The van der Waals surface area contributed by atoms with Crippen LogP contribution < -0.4 is 5.32 Å². The zero-order valence-corrected chi connectivity index (χ0v) is 6.56. The minimum Gasteiger partial charge on any atom is -0.365 e. The first-order valence-corrected chi connectivity index (χ1v) is 3.48. The Morgan fingerprint density at radius 2 is 2.36 bits per heavy atom. The van der Waals surface area contributed by atoms with Crippen LogP contribution in [-0.2, 0) is 0 Å². The van der Waals surface area contributed by atoms with Crippen molar-refractivity contribution in [2.45, 2.75) is 19.9 Å². The number of rotatable bonds is 2. The molecule has 1 aromatic rings. The molecule has 0 amide bonds. The molecule has 1 aromatic heterocycles. The molecule has 0 unspecified atom stereocenters. The number of nitrogens with one attached hydrogen (secondary N) is 1.